The van der Waals surface area contributed by atoms with E-state index in [1.54, 1.807) is 24.3 Å². The fourth-order valence-corrected chi connectivity index (χ4v) is 2.57. The van der Waals surface area contributed by atoms with E-state index in [0.717, 1.165) is 17.4 Å². The first-order valence-corrected chi connectivity index (χ1v) is 6.93. The smallest absolute Gasteiger partial charge is 0.329 e. The molecule has 1 aliphatic rings. The van der Waals surface area contributed by atoms with Crippen molar-refractivity contribution in [1.82, 2.24) is 9.55 Å². The molecule has 1 aromatic carbocycles. The van der Waals surface area contributed by atoms with Gasteiger partial charge < -0.3 is 9.72 Å². The molecular weight excluding hydrogens is 272 g/mol. The molecule has 6 heteroatoms. The van der Waals surface area contributed by atoms with Crippen LogP contribution in [0.3, 0.4) is 0 Å². The SMILES string of the molecule is COC(=O)C(CC1CC1)n1c(=O)[nH]c2ccccc2c1=O. The summed E-state index contributed by atoms with van der Waals surface area (Å²) in [5.74, 6) is -0.170. The zero-order valence-electron chi connectivity index (χ0n) is 11.7. The summed E-state index contributed by atoms with van der Waals surface area (Å²) in [4.78, 5) is 39.4. The molecule has 1 atom stereocenters. The third-order valence-electron chi connectivity index (χ3n) is 3.88. The second-order valence-corrected chi connectivity index (χ2v) is 5.37. The summed E-state index contributed by atoms with van der Waals surface area (Å²) in [5.41, 5.74) is -0.557. The van der Waals surface area contributed by atoms with Gasteiger partial charge in [0.1, 0.15) is 6.04 Å². The van der Waals surface area contributed by atoms with Crippen LogP contribution in [0, 0.1) is 5.92 Å². The van der Waals surface area contributed by atoms with Crippen LogP contribution in [0.5, 0.6) is 0 Å². The third-order valence-corrected chi connectivity index (χ3v) is 3.88. The summed E-state index contributed by atoms with van der Waals surface area (Å²) < 4.78 is 5.76. The Morgan fingerprint density at radius 1 is 1.38 bits per heavy atom. The van der Waals surface area contributed by atoms with Gasteiger partial charge in [-0.05, 0) is 24.5 Å². The first-order valence-electron chi connectivity index (χ1n) is 6.93. The summed E-state index contributed by atoms with van der Waals surface area (Å²) in [7, 11) is 1.27. The lowest BCUT2D eigenvalue weighted by Crippen LogP contribution is -2.41. The Hall–Kier alpha value is -2.37. The Morgan fingerprint density at radius 2 is 2.10 bits per heavy atom. The second kappa shape index (κ2) is 5.20. The Bertz CT molecular complexity index is 801. The monoisotopic (exact) mass is 288 g/mol. The maximum absolute atomic E-state index is 12.5. The first kappa shape index (κ1) is 13.6. The molecular formula is C15H16N2O4. The first-order chi connectivity index (χ1) is 10.1. The van der Waals surface area contributed by atoms with Gasteiger partial charge in [0.15, 0.2) is 0 Å². The normalized spacial score (nSPS) is 15.9. The van der Waals surface area contributed by atoms with E-state index in [1.807, 2.05) is 0 Å². The molecule has 2 aromatic rings. The van der Waals surface area contributed by atoms with E-state index in [-0.39, 0.29) is 0 Å². The molecule has 1 unspecified atom stereocenters. The molecule has 21 heavy (non-hydrogen) atoms. The van der Waals surface area contributed by atoms with Crippen molar-refractivity contribution in [2.45, 2.75) is 25.3 Å². The van der Waals surface area contributed by atoms with E-state index in [4.69, 9.17) is 4.74 Å². The van der Waals surface area contributed by atoms with Crippen molar-refractivity contribution in [3.05, 3.63) is 45.1 Å². The van der Waals surface area contributed by atoms with Crippen molar-refractivity contribution in [3.63, 3.8) is 0 Å². The van der Waals surface area contributed by atoms with Gasteiger partial charge in [-0.15, -0.1) is 0 Å². The number of hydrogen-bond donors (Lipinski definition) is 1. The van der Waals surface area contributed by atoms with Crippen molar-refractivity contribution in [3.8, 4) is 0 Å². The molecule has 1 heterocycles. The zero-order chi connectivity index (χ0) is 15.0. The maximum Gasteiger partial charge on any atom is 0.329 e. The van der Waals surface area contributed by atoms with Gasteiger partial charge in [-0.25, -0.2) is 14.2 Å². The zero-order valence-corrected chi connectivity index (χ0v) is 11.7. The summed E-state index contributed by atoms with van der Waals surface area (Å²) in [6.07, 6.45) is 2.51. The molecule has 1 fully saturated rings. The number of rotatable bonds is 4. The van der Waals surface area contributed by atoms with E-state index >= 15 is 0 Å². The van der Waals surface area contributed by atoms with Gasteiger partial charge in [0.2, 0.25) is 0 Å². The number of nitrogens with zero attached hydrogens (tertiary/aromatic N) is 1. The second-order valence-electron chi connectivity index (χ2n) is 5.37. The number of ether oxygens (including phenoxy) is 1. The van der Waals surface area contributed by atoms with Crippen LogP contribution in [-0.4, -0.2) is 22.6 Å². The summed E-state index contributed by atoms with van der Waals surface area (Å²) in [6, 6.07) is 5.90. The highest BCUT2D eigenvalue weighted by Crippen LogP contribution is 2.36. The van der Waals surface area contributed by atoms with Gasteiger partial charge in [-0.3, -0.25) is 4.79 Å². The lowest BCUT2D eigenvalue weighted by Gasteiger charge is -2.16. The van der Waals surface area contributed by atoms with E-state index < -0.39 is 23.3 Å². The molecule has 1 aromatic heterocycles. The summed E-state index contributed by atoms with van der Waals surface area (Å²) in [6.45, 7) is 0. The average Bonchev–Trinajstić information content (AvgIpc) is 3.29. The van der Waals surface area contributed by atoms with Gasteiger partial charge in [0.05, 0.1) is 18.0 Å². The number of methoxy groups -OCH3 is 1. The third kappa shape index (κ3) is 2.49. The number of fused-ring (bicyclic) bond motifs is 1. The number of esters is 1. The number of carbonyl (C=O) groups excluding carboxylic acids is 1. The van der Waals surface area contributed by atoms with E-state index in [1.165, 1.54) is 7.11 Å². The maximum atomic E-state index is 12.5. The molecule has 1 N–H and O–H groups in total. The quantitative estimate of drug-likeness (QED) is 0.857. The van der Waals surface area contributed by atoms with Gasteiger partial charge in [-0.2, -0.15) is 0 Å². The standard InChI is InChI=1S/C15H16N2O4/c1-21-14(19)12(8-9-6-7-9)17-13(18)10-4-2-3-5-11(10)16-15(17)20/h2-5,9,12H,6-8H2,1H3,(H,16,20). The van der Waals surface area contributed by atoms with Gasteiger partial charge in [0, 0.05) is 0 Å². The fraction of sp³-hybridized carbons (Fsp3) is 0.400. The molecule has 1 aliphatic carbocycles. The van der Waals surface area contributed by atoms with Crippen molar-refractivity contribution >= 4 is 16.9 Å². The van der Waals surface area contributed by atoms with Crippen LogP contribution < -0.4 is 11.2 Å². The molecule has 6 nitrogen and oxygen atoms in total. The largest absolute Gasteiger partial charge is 0.467 e. The lowest BCUT2D eigenvalue weighted by atomic mass is 10.1. The number of aromatic nitrogens is 2. The van der Waals surface area contributed by atoms with Crippen LogP contribution >= 0.6 is 0 Å². The number of benzene rings is 1. The highest BCUT2D eigenvalue weighted by atomic mass is 16.5. The molecule has 3 rings (SSSR count). The summed E-state index contributed by atoms with van der Waals surface area (Å²) in [5, 5.41) is 0.391. The van der Waals surface area contributed by atoms with Crippen LogP contribution in [0.2, 0.25) is 0 Å². The lowest BCUT2D eigenvalue weighted by molar-refractivity contribution is -0.145. The molecule has 0 bridgehead atoms. The van der Waals surface area contributed by atoms with Crippen LogP contribution in [-0.2, 0) is 9.53 Å². The fourth-order valence-electron chi connectivity index (χ4n) is 2.57. The molecule has 1 saturated carbocycles. The highest BCUT2D eigenvalue weighted by molar-refractivity contribution is 5.78. The van der Waals surface area contributed by atoms with Gasteiger partial charge in [-0.1, -0.05) is 25.0 Å². The van der Waals surface area contributed by atoms with Crippen molar-refractivity contribution in [1.29, 1.82) is 0 Å². The minimum atomic E-state index is -0.858. The predicted octanol–water partition coefficient (Wildman–Crippen LogP) is 1.20. The minimum Gasteiger partial charge on any atom is -0.467 e. The average molecular weight is 288 g/mol. The Kier molecular flexibility index (Phi) is 3.37. The minimum absolute atomic E-state index is 0.381. The van der Waals surface area contributed by atoms with Crippen molar-refractivity contribution in [2.75, 3.05) is 7.11 Å². The topological polar surface area (TPSA) is 81.2 Å². The van der Waals surface area contributed by atoms with E-state index in [2.05, 4.69) is 4.98 Å². The Morgan fingerprint density at radius 3 is 2.76 bits per heavy atom. The number of H-pyrrole nitrogens is 1. The molecule has 0 radical (unpaired) electrons. The molecule has 0 aliphatic heterocycles. The van der Waals surface area contributed by atoms with Crippen LogP contribution in [0.25, 0.3) is 10.9 Å². The number of hydrogen-bond acceptors (Lipinski definition) is 4. The van der Waals surface area contributed by atoms with Crippen LogP contribution in [0.1, 0.15) is 25.3 Å². The number of nitrogens with one attached hydrogen (secondary N) is 1. The van der Waals surface area contributed by atoms with Crippen molar-refractivity contribution in [2.24, 2.45) is 5.92 Å². The highest BCUT2D eigenvalue weighted by Gasteiger charge is 2.33. The van der Waals surface area contributed by atoms with Gasteiger partial charge in [0.25, 0.3) is 5.56 Å². The summed E-state index contributed by atoms with van der Waals surface area (Å²) >= 11 is 0. The predicted molar refractivity (Wildman–Crippen MR) is 77.2 cm³/mol. The Labute approximate surface area is 120 Å². The Balaban J connectivity index is 2.18. The van der Waals surface area contributed by atoms with E-state index in [0.29, 0.717) is 23.2 Å². The molecule has 0 amide bonds. The van der Waals surface area contributed by atoms with Crippen molar-refractivity contribution < 1.29 is 9.53 Å². The number of carbonyl (C=O) groups is 1. The number of aromatic amines is 1. The van der Waals surface area contributed by atoms with E-state index in [9.17, 15) is 14.4 Å². The molecule has 0 spiro atoms. The van der Waals surface area contributed by atoms with Crippen LogP contribution in [0.15, 0.2) is 33.9 Å². The molecule has 0 saturated heterocycles. The van der Waals surface area contributed by atoms with Gasteiger partial charge >= 0.3 is 11.7 Å². The van der Waals surface area contributed by atoms with Crippen LogP contribution in [0.4, 0.5) is 0 Å². The molecule has 110 valence electrons. The number of para-hydroxylation sites is 1.